The molecule has 0 amide bonds. The molecule has 1 heterocycles. The summed E-state index contributed by atoms with van der Waals surface area (Å²) in [5.74, 6) is 0. The van der Waals surface area contributed by atoms with Crippen molar-refractivity contribution in [3.05, 3.63) is 27.1 Å². The molecule has 0 spiro atoms. The first-order valence-electron chi connectivity index (χ1n) is 5.15. The van der Waals surface area contributed by atoms with Crippen LogP contribution in [-0.4, -0.2) is 25.4 Å². The Hall–Kier alpha value is 0.0500. The van der Waals surface area contributed by atoms with Crippen molar-refractivity contribution in [2.45, 2.75) is 23.9 Å². The first-order chi connectivity index (χ1) is 7.93. The second-order valence-corrected chi connectivity index (χ2v) is 7.53. The lowest BCUT2D eigenvalue weighted by atomic mass is 10.3. The summed E-state index contributed by atoms with van der Waals surface area (Å²) >= 11 is 6.54. The average Bonchev–Trinajstić information content (AvgIpc) is 2.68. The molecule has 0 aromatic heterocycles. The lowest BCUT2D eigenvalue weighted by molar-refractivity contribution is 0.395. The Labute approximate surface area is 117 Å². The van der Waals surface area contributed by atoms with Gasteiger partial charge in [-0.2, -0.15) is 4.31 Å². The maximum atomic E-state index is 12.4. The van der Waals surface area contributed by atoms with Crippen molar-refractivity contribution in [1.29, 1.82) is 0 Å². The number of hydrogen-bond acceptors (Lipinski definition) is 3. The SMILES string of the molecule is NC1CCCN1S(=O)(=O)c1cc(Br)ccc1Br. The van der Waals surface area contributed by atoms with E-state index in [2.05, 4.69) is 31.9 Å². The summed E-state index contributed by atoms with van der Waals surface area (Å²) in [5.41, 5.74) is 5.81. The fraction of sp³-hybridized carbons (Fsp3) is 0.400. The normalized spacial score (nSPS) is 21.9. The molecule has 2 N–H and O–H groups in total. The summed E-state index contributed by atoms with van der Waals surface area (Å²) in [6.45, 7) is 0.489. The molecule has 1 aromatic carbocycles. The van der Waals surface area contributed by atoms with Crippen molar-refractivity contribution in [3.63, 3.8) is 0 Å². The fourth-order valence-electron chi connectivity index (χ4n) is 1.87. The number of sulfonamides is 1. The number of rotatable bonds is 2. The van der Waals surface area contributed by atoms with Crippen LogP contribution >= 0.6 is 31.9 Å². The second kappa shape index (κ2) is 4.97. The third-order valence-corrected chi connectivity index (χ3v) is 6.14. The van der Waals surface area contributed by atoms with Crippen LogP contribution in [0.15, 0.2) is 32.0 Å². The molecule has 1 aliphatic heterocycles. The maximum Gasteiger partial charge on any atom is 0.245 e. The van der Waals surface area contributed by atoms with Gasteiger partial charge in [-0.05, 0) is 47.0 Å². The van der Waals surface area contributed by atoms with Crippen LogP contribution in [0, 0.1) is 0 Å². The summed E-state index contributed by atoms with van der Waals surface area (Å²) in [5, 5.41) is 0. The van der Waals surface area contributed by atoms with Gasteiger partial charge in [-0.25, -0.2) is 8.42 Å². The quantitative estimate of drug-likeness (QED) is 0.851. The van der Waals surface area contributed by atoms with Crippen LogP contribution in [0.1, 0.15) is 12.8 Å². The molecule has 1 aromatic rings. The van der Waals surface area contributed by atoms with Crippen LogP contribution in [0.3, 0.4) is 0 Å². The van der Waals surface area contributed by atoms with Crippen LogP contribution in [0.4, 0.5) is 0 Å². The van der Waals surface area contributed by atoms with Gasteiger partial charge in [0.05, 0.1) is 11.1 Å². The van der Waals surface area contributed by atoms with Gasteiger partial charge in [0.2, 0.25) is 10.0 Å². The van der Waals surface area contributed by atoms with Crippen molar-refractivity contribution in [2.24, 2.45) is 5.73 Å². The van der Waals surface area contributed by atoms with Gasteiger partial charge in [0.15, 0.2) is 0 Å². The van der Waals surface area contributed by atoms with Gasteiger partial charge in [-0.15, -0.1) is 0 Å². The zero-order chi connectivity index (χ0) is 12.6. The van der Waals surface area contributed by atoms with Crippen LogP contribution < -0.4 is 5.73 Å². The van der Waals surface area contributed by atoms with Crippen molar-refractivity contribution in [2.75, 3.05) is 6.54 Å². The van der Waals surface area contributed by atoms with E-state index < -0.39 is 16.2 Å². The van der Waals surface area contributed by atoms with E-state index in [0.717, 1.165) is 10.9 Å². The van der Waals surface area contributed by atoms with E-state index in [1.165, 1.54) is 4.31 Å². The lowest BCUT2D eigenvalue weighted by Crippen LogP contribution is -2.41. The van der Waals surface area contributed by atoms with Crippen LogP contribution in [0.5, 0.6) is 0 Å². The molecule has 0 aliphatic carbocycles. The molecule has 1 aliphatic rings. The Bertz CT molecular complexity index is 533. The molecule has 0 bridgehead atoms. The second-order valence-electron chi connectivity index (χ2n) is 3.90. The van der Waals surface area contributed by atoms with Gasteiger partial charge in [0, 0.05) is 15.5 Å². The molecule has 0 radical (unpaired) electrons. The predicted octanol–water partition coefficient (Wildman–Crippen LogP) is 2.28. The molecule has 94 valence electrons. The Balaban J connectivity index is 2.48. The number of benzene rings is 1. The van der Waals surface area contributed by atoms with E-state index in [-0.39, 0.29) is 4.90 Å². The first-order valence-corrected chi connectivity index (χ1v) is 8.18. The van der Waals surface area contributed by atoms with Gasteiger partial charge in [0.25, 0.3) is 0 Å². The third kappa shape index (κ3) is 2.58. The Morgan fingerprint density at radius 1 is 1.35 bits per heavy atom. The smallest absolute Gasteiger partial charge is 0.245 e. The molecule has 1 fully saturated rings. The van der Waals surface area contributed by atoms with Crippen molar-refractivity contribution in [1.82, 2.24) is 4.31 Å². The van der Waals surface area contributed by atoms with E-state index >= 15 is 0 Å². The van der Waals surface area contributed by atoms with Crippen molar-refractivity contribution >= 4 is 41.9 Å². The average molecular weight is 384 g/mol. The lowest BCUT2D eigenvalue weighted by Gasteiger charge is -2.21. The highest BCUT2D eigenvalue weighted by atomic mass is 79.9. The summed E-state index contributed by atoms with van der Waals surface area (Å²) in [4.78, 5) is 0.254. The summed E-state index contributed by atoms with van der Waals surface area (Å²) in [6, 6.07) is 5.08. The van der Waals surface area contributed by atoms with Crippen molar-refractivity contribution in [3.8, 4) is 0 Å². The zero-order valence-electron chi connectivity index (χ0n) is 8.94. The topological polar surface area (TPSA) is 63.4 Å². The van der Waals surface area contributed by atoms with Gasteiger partial charge in [-0.3, -0.25) is 0 Å². The highest BCUT2D eigenvalue weighted by Gasteiger charge is 2.34. The zero-order valence-corrected chi connectivity index (χ0v) is 12.9. The Kier molecular flexibility index (Phi) is 3.94. The Morgan fingerprint density at radius 2 is 2.06 bits per heavy atom. The van der Waals surface area contributed by atoms with Gasteiger partial charge >= 0.3 is 0 Å². The molecule has 1 atom stereocenters. The molecule has 1 saturated heterocycles. The molecule has 2 rings (SSSR count). The van der Waals surface area contributed by atoms with E-state index in [1.54, 1.807) is 18.2 Å². The molecule has 7 heteroatoms. The molecule has 4 nitrogen and oxygen atoms in total. The minimum Gasteiger partial charge on any atom is -0.315 e. The third-order valence-electron chi connectivity index (χ3n) is 2.73. The maximum absolute atomic E-state index is 12.4. The standard InChI is InChI=1S/C10H12Br2N2O2S/c11-7-3-4-8(12)9(6-7)17(15,16)14-5-1-2-10(14)13/h3-4,6,10H,1-2,5,13H2. The van der Waals surface area contributed by atoms with Crippen molar-refractivity contribution < 1.29 is 8.42 Å². The molecular weight excluding hydrogens is 372 g/mol. The van der Waals surface area contributed by atoms with Gasteiger partial charge in [-0.1, -0.05) is 15.9 Å². The summed E-state index contributed by atoms with van der Waals surface area (Å²) < 4.78 is 27.5. The van der Waals surface area contributed by atoms with Gasteiger partial charge in [0.1, 0.15) is 0 Å². The molecule has 1 unspecified atom stereocenters. The van der Waals surface area contributed by atoms with E-state index in [0.29, 0.717) is 17.4 Å². The minimum absolute atomic E-state index is 0.254. The molecule has 0 saturated carbocycles. The molecular formula is C10H12Br2N2O2S. The fourth-order valence-corrected chi connectivity index (χ4v) is 4.91. The minimum atomic E-state index is -3.51. The number of nitrogens with two attached hydrogens (primary N) is 1. The highest BCUT2D eigenvalue weighted by molar-refractivity contribution is 9.11. The number of halogens is 2. The monoisotopic (exact) mass is 382 g/mol. The largest absolute Gasteiger partial charge is 0.315 e. The summed E-state index contributed by atoms with van der Waals surface area (Å²) in [7, 11) is -3.51. The van der Waals surface area contributed by atoms with Crippen LogP contribution in [-0.2, 0) is 10.0 Å². The first kappa shape index (κ1) is 13.5. The molecule has 17 heavy (non-hydrogen) atoms. The highest BCUT2D eigenvalue weighted by Crippen LogP contribution is 2.30. The van der Waals surface area contributed by atoms with E-state index in [9.17, 15) is 8.42 Å². The Morgan fingerprint density at radius 3 is 2.65 bits per heavy atom. The van der Waals surface area contributed by atoms with Crippen LogP contribution in [0.2, 0.25) is 0 Å². The van der Waals surface area contributed by atoms with E-state index in [1.807, 2.05) is 0 Å². The van der Waals surface area contributed by atoms with Gasteiger partial charge < -0.3 is 5.73 Å². The van der Waals surface area contributed by atoms with Crippen LogP contribution in [0.25, 0.3) is 0 Å². The predicted molar refractivity (Wildman–Crippen MR) is 72.9 cm³/mol. The van der Waals surface area contributed by atoms with E-state index in [4.69, 9.17) is 5.73 Å². The number of hydrogen-bond donors (Lipinski definition) is 1. The summed E-state index contributed by atoms with van der Waals surface area (Å²) in [6.07, 6.45) is 1.11. The number of nitrogens with zero attached hydrogens (tertiary/aromatic N) is 1.